The second-order valence-electron chi connectivity index (χ2n) is 4.55. The molecule has 4 N–H and O–H groups in total. The van der Waals surface area contributed by atoms with Gasteiger partial charge in [0.05, 0.1) is 13.7 Å². The number of unbranched alkanes of at least 4 members (excludes halogenated alkanes) is 1. The molecule has 0 radical (unpaired) electrons. The van der Waals surface area contributed by atoms with Gasteiger partial charge in [0, 0.05) is 12.1 Å². The van der Waals surface area contributed by atoms with E-state index in [4.69, 9.17) is 10.5 Å². The highest BCUT2D eigenvalue weighted by Gasteiger charge is 2.15. The third-order valence-corrected chi connectivity index (χ3v) is 3.09. The van der Waals surface area contributed by atoms with Gasteiger partial charge in [0.2, 0.25) is 0 Å². The minimum Gasteiger partial charge on any atom is -0.494 e. The Balaban J connectivity index is 1.94. The first-order valence-electron chi connectivity index (χ1n) is 6.75. The highest BCUT2D eigenvalue weighted by molar-refractivity contribution is 5.62. The first-order chi connectivity index (χ1) is 9.35. The van der Waals surface area contributed by atoms with E-state index < -0.39 is 0 Å². The third-order valence-electron chi connectivity index (χ3n) is 3.09. The van der Waals surface area contributed by atoms with Crippen molar-refractivity contribution in [2.75, 3.05) is 20.2 Å². The minimum absolute atomic E-state index is 0.748. The predicted molar refractivity (Wildman–Crippen MR) is 76.4 cm³/mol. The molecular weight excluding hydrogens is 240 g/mol. The Morgan fingerprint density at radius 2 is 2.37 bits per heavy atom. The number of fused-ring (bicyclic) bond motifs is 1. The normalized spacial score (nSPS) is 13.9. The number of hydrogen-bond acceptors (Lipinski definition) is 4. The minimum atomic E-state index is 0.748. The topological polar surface area (TPSA) is 76.0 Å². The van der Waals surface area contributed by atoms with E-state index in [9.17, 15) is 0 Å². The molecule has 5 heteroatoms. The van der Waals surface area contributed by atoms with Gasteiger partial charge in [-0.2, -0.15) is 0 Å². The highest BCUT2D eigenvalue weighted by atomic mass is 16.5. The molecule has 0 bridgehead atoms. The summed E-state index contributed by atoms with van der Waals surface area (Å²) in [5.41, 5.74) is 7.49. The van der Waals surface area contributed by atoms with Crippen LogP contribution in [0.5, 0.6) is 0 Å². The monoisotopic (exact) mass is 262 g/mol. The van der Waals surface area contributed by atoms with Crippen molar-refractivity contribution in [3.63, 3.8) is 0 Å². The van der Waals surface area contributed by atoms with Crippen LogP contribution in [0.2, 0.25) is 0 Å². The summed E-state index contributed by atoms with van der Waals surface area (Å²) in [6, 6.07) is 0. The first-order valence-corrected chi connectivity index (χ1v) is 6.75. The van der Waals surface area contributed by atoms with Gasteiger partial charge < -0.3 is 20.8 Å². The molecule has 0 saturated carbocycles. The molecule has 1 aliphatic rings. The quantitative estimate of drug-likeness (QED) is 0.648. The lowest BCUT2D eigenvalue weighted by Crippen LogP contribution is -2.16. The van der Waals surface area contributed by atoms with Crippen LogP contribution in [-0.2, 0) is 17.7 Å². The molecule has 5 nitrogen and oxygen atoms in total. The van der Waals surface area contributed by atoms with Gasteiger partial charge >= 0.3 is 0 Å². The van der Waals surface area contributed by atoms with Crippen molar-refractivity contribution in [3.8, 4) is 0 Å². The number of nitrogens with zero attached hydrogens (tertiary/aromatic N) is 1. The van der Waals surface area contributed by atoms with Crippen molar-refractivity contribution in [1.29, 1.82) is 0 Å². The zero-order valence-electron chi connectivity index (χ0n) is 11.4. The van der Waals surface area contributed by atoms with Crippen LogP contribution in [0.25, 0.3) is 5.76 Å². The Bertz CT molecular complexity index is 462. The van der Waals surface area contributed by atoms with E-state index in [1.54, 1.807) is 7.11 Å². The van der Waals surface area contributed by atoms with Crippen LogP contribution in [0.1, 0.15) is 30.1 Å². The molecule has 0 saturated heterocycles. The second-order valence-corrected chi connectivity index (χ2v) is 4.55. The molecule has 0 fully saturated rings. The summed E-state index contributed by atoms with van der Waals surface area (Å²) in [6.45, 7) is 2.47. The summed E-state index contributed by atoms with van der Waals surface area (Å²) in [7, 11) is 1.67. The summed E-state index contributed by atoms with van der Waals surface area (Å²) in [6.07, 6.45) is 9.07. The van der Waals surface area contributed by atoms with E-state index in [-0.39, 0.29) is 0 Å². The van der Waals surface area contributed by atoms with Gasteiger partial charge in [-0.3, -0.25) is 0 Å². The molecule has 2 rings (SSSR count). The predicted octanol–water partition coefficient (Wildman–Crippen LogP) is 1.34. The maximum atomic E-state index is 5.46. The molecular formula is C14H22N4O. The zero-order valence-corrected chi connectivity index (χ0v) is 11.4. The molecule has 1 aromatic rings. The van der Waals surface area contributed by atoms with Gasteiger partial charge in [-0.05, 0) is 32.0 Å². The van der Waals surface area contributed by atoms with Gasteiger partial charge in [0.1, 0.15) is 17.3 Å². The van der Waals surface area contributed by atoms with E-state index >= 15 is 0 Å². The van der Waals surface area contributed by atoms with Crippen LogP contribution >= 0.6 is 0 Å². The van der Waals surface area contributed by atoms with Crippen LogP contribution in [-0.4, -0.2) is 30.2 Å². The molecule has 1 aromatic heterocycles. The largest absolute Gasteiger partial charge is 0.494 e. The number of imidazole rings is 1. The number of methoxy groups -OCH3 is 1. The molecule has 0 atom stereocenters. The number of rotatable bonds is 7. The van der Waals surface area contributed by atoms with Crippen LogP contribution in [0.4, 0.5) is 0 Å². The fourth-order valence-electron chi connectivity index (χ4n) is 2.09. The molecule has 19 heavy (non-hydrogen) atoms. The molecule has 0 aromatic carbocycles. The molecule has 1 heterocycles. The van der Waals surface area contributed by atoms with E-state index in [0.29, 0.717) is 0 Å². The fourth-order valence-corrected chi connectivity index (χ4v) is 2.09. The average Bonchev–Trinajstić information content (AvgIpc) is 2.72. The van der Waals surface area contributed by atoms with Crippen molar-refractivity contribution in [2.45, 2.75) is 25.8 Å². The second kappa shape index (κ2) is 7.11. The number of nitrogens with one attached hydrogen (secondary N) is 2. The number of ether oxygens (including phenoxy) is 1. The smallest absolute Gasteiger partial charge is 0.146 e. The fraction of sp³-hybridized carbons (Fsp3) is 0.500. The maximum Gasteiger partial charge on any atom is 0.146 e. The average molecular weight is 262 g/mol. The van der Waals surface area contributed by atoms with E-state index in [1.165, 1.54) is 0 Å². The van der Waals surface area contributed by atoms with Gasteiger partial charge in [0.15, 0.2) is 0 Å². The van der Waals surface area contributed by atoms with Crippen molar-refractivity contribution in [3.05, 3.63) is 35.4 Å². The number of allylic oxidation sites excluding steroid dienone is 3. The standard InChI is InChI=1S/C14H22N4O/c1-19-12-7-3-2-6-11-14(12)18-13(17-11)10-16-9-5-4-8-15/h2-3,7,16H,4-6,8-10,15H2,1H3,(H,17,18). The summed E-state index contributed by atoms with van der Waals surface area (Å²) in [4.78, 5) is 7.96. The van der Waals surface area contributed by atoms with Crippen LogP contribution < -0.4 is 11.1 Å². The number of H-pyrrole nitrogens is 1. The lowest BCUT2D eigenvalue weighted by atomic mass is 10.2. The van der Waals surface area contributed by atoms with Crippen molar-refractivity contribution < 1.29 is 4.74 Å². The highest BCUT2D eigenvalue weighted by Crippen LogP contribution is 2.21. The molecule has 0 aliphatic heterocycles. The van der Waals surface area contributed by atoms with E-state index in [0.717, 1.165) is 61.9 Å². The van der Waals surface area contributed by atoms with Crippen LogP contribution in [0.15, 0.2) is 18.2 Å². The lowest BCUT2D eigenvalue weighted by molar-refractivity contribution is 0.368. The Morgan fingerprint density at radius 1 is 1.47 bits per heavy atom. The summed E-state index contributed by atoms with van der Waals surface area (Å²) in [5.74, 6) is 1.77. The Hall–Kier alpha value is -1.59. The van der Waals surface area contributed by atoms with E-state index in [2.05, 4.69) is 21.4 Å². The molecule has 1 aliphatic carbocycles. The number of aromatic nitrogens is 2. The molecule has 0 amide bonds. The van der Waals surface area contributed by atoms with Gasteiger partial charge in [-0.15, -0.1) is 0 Å². The van der Waals surface area contributed by atoms with Crippen molar-refractivity contribution in [2.24, 2.45) is 5.73 Å². The summed E-state index contributed by atoms with van der Waals surface area (Å²) in [5, 5.41) is 3.37. The van der Waals surface area contributed by atoms with Crippen molar-refractivity contribution >= 4 is 5.76 Å². The number of hydrogen-bond donors (Lipinski definition) is 3. The van der Waals surface area contributed by atoms with Crippen LogP contribution in [0.3, 0.4) is 0 Å². The summed E-state index contributed by atoms with van der Waals surface area (Å²) >= 11 is 0. The number of aromatic amines is 1. The third kappa shape index (κ3) is 3.68. The van der Waals surface area contributed by atoms with Crippen LogP contribution in [0, 0.1) is 0 Å². The van der Waals surface area contributed by atoms with Gasteiger partial charge in [-0.1, -0.05) is 12.2 Å². The zero-order chi connectivity index (χ0) is 13.5. The first kappa shape index (κ1) is 13.8. The van der Waals surface area contributed by atoms with Gasteiger partial charge in [0.25, 0.3) is 0 Å². The Kier molecular flexibility index (Phi) is 5.18. The molecule has 104 valence electrons. The summed E-state index contributed by atoms with van der Waals surface area (Å²) < 4.78 is 5.36. The maximum absolute atomic E-state index is 5.46. The van der Waals surface area contributed by atoms with Crippen molar-refractivity contribution in [1.82, 2.24) is 15.3 Å². The van der Waals surface area contributed by atoms with Gasteiger partial charge in [-0.25, -0.2) is 4.98 Å². The SMILES string of the molecule is COC1=CC=CCc2[nH]c(CNCCCCN)nc21. The molecule has 0 unspecified atom stereocenters. The Labute approximate surface area is 113 Å². The number of nitrogens with two attached hydrogens (primary N) is 1. The Morgan fingerprint density at radius 3 is 3.16 bits per heavy atom. The molecule has 0 spiro atoms. The van der Waals surface area contributed by atoms with E-state index in [1.807, 2.05) is 12.2 Å². The lowest BCUT2D eigenvalue weighted by Gasteiger charge is -2.02.